The van der Waals surface area contributed by atoms with Crippen molar-refractivity contribution in [1.29, 1.82) is 0 Å². The average molecular weight is 285 g/mol. The molecule has 0 heterocycles. The summed E-state index contributed by atoms with van der Waals surface area (Å²) in [6, 6.07) is 7.06. The fourth-order valence-corrected chi connectivity index (χ4v) is 12.2. The van der Waals surface area contributed by atoms with Crippen molar-refractivity contribution in [3.63, 3.8) is 0 Å². The molecule has 0 amide bonds. The number of halogens is 1. The molecule has 0 bridgehead atoms. The van der Waals surface area contributed by atoms with Crippen LogP contribution >= 0.6 is 11.2 Å². The van der Waals surface area contributed by atoms with E-state index in [9.17, 15) is 4.39 Å². The molecule has 0 unspecified atom stereocenters. The lowest BCUT2D eigenvalue weighted by Gasteiger charge is -2.42. The van der Waals surface area contributed by atoms with Gasteiger partial charge >= 0.3 is 0 Å². The molecule has 102 valence electrons. The Balaban J connectivity index is 3.12. The van der Waals surface area contributed by atoms with Gasteiger partial charge in [0.05, 0.1) is 0 Å². The van der Waals surface area contributed by atoms with E-state index >= 15 is 0 Å². The van der Waals surface area contributed by atoms with Crippen molar-refractivity contribution in [1.82, 2.24) is 0 Å². The van der Waals surface area contributed by atoms with Gasteiger partial charge in [-0.1, -0.05) is 47.6 Å². The van der Waals surface area contributed by atoms with Crippen LogP contribution in [0.5, 0.6) is 0 Å². The summed E-state index contributed by atoms with van der Waals surface area (Å²) >= 11 is 1.97. The zero-order valence-electron chi connectivity index (χ0n) is 12.3. The van der Waals surface area contributed by atoms with Crippen molar-refractivity contribution in [2.45, 2.75) is 63.1 Å². The average Bonchev–Trinajstić information content (AvgIpc) is 2.24. The summed E-state index contributed by atoms with van der Waals surface area (Å²) in [5.41, 5.74) is 2.06. The van der Waals surface area contributed by atoms with Crippen molar-refractivity contribution in [3.05, 3.63) is 30.1 Å². The first kappa shape index (κ1) is 15.8. The Morgan fingerprint density at radius 2 is 1.44 bits per heavy atom. The Hall–Kier alpha value is -0.283. The van der Waals surface area contributed by atoms with E-state index < -0.39 is 7.22 Å². The largest absolute Gasteiger partial charge is 0.207 e. The van der Waals surface area contributed by atoms with Gasteiger partial charge in [0.15, 0.2) is 0 Å². The molecule has 0 radical (unpaired) electrons. The van der Waals surface area contributed by atoms with Gasteiger partial charge in [-0.3, -0.25) is 0 Å². The van der Waals surface area contributed by atoms with Gasteiger partial charge in [-0.25, -0.2) is 4.39 Å². The summed E-state index contributed by atoms with van der Waals surface area (Å²) in [5, 5.41) is 0. The van der Waals surface area contributed by atoms with Crippen LogP contribution in [0.1, 0.15) is 41.5 Å². The first-order chi connectivity index (χ1) is 8.30. The minimum Gasteiger partial charge on any atom is -0.207 e. The molecular formula is C15H25FSSi. The van der Waals surface area contributed by atoms with E-state index in [1.165, 1.54) is 6.07 Å². The van der Waals surface area contributed by atoms with Crippen molar-refractivity contribution >= 4 is 18.4 Å². The quantitative estimate of drug-likeness (QED) is 0.589. The zero-order chi connectivity index (χ0) is 13.9. The van der Waals surface area contributed by atoms with Crippen LogP contribution < -0.4 is 0 Å². The molecule has 0 saturated heterocycles. The highest BCUT2D eigenvalue weighted by molar-refractivity contribution is 8.29. The SMILES string of the molecule is CC(C)[Si](Sc1cccc(F)c1)(C(C)C)C(C)C. The van der Waals surface area contributed by atoms with Gasteiger partial charge in [0.2, 0.25) is 0 Å². The lowest BCUT2D eigenvalue weighted by atomic mass is 10.4. The van der Waals surface area contributed by atoms with Gasteiger partial charge < -0.3 is 0 Å². The van der Waals surface area contributed by atoms with E-state index in [-0.39, 0.29) is 5.82 Å². The minimum absolute atomic E-state index is 0.126. The molecule has 3 heteroatoms. The Morgan fingerprint density at radius 1 is 0.944 bits per heavy atom. The molecular weight excluding hydrogens is 259 g/mol. The third kappa shape index (κ3) is 3.18. The monoisotopic (exact) mass is 284 g/mol. The number of benzene rings is 1. The number of rotatable bonds is 5. The van der Waals surface area contributed by atoms with Crippen molar-refractivity contribution < 1.29 is 4.39 Å². The maximum atomic E-state index is 13.3. The standard InChI is InChI=1S/C15H25FSSi/c1-11(2)18(12(3)4,13(5)6)17-15-9-7-8-14(16)10-15/h7-13H,1-6H3. The lowest BCUT2D eigenvalue weighted by molar-refractivity contribution is 0.624. The normalized spacial score (nSPS) is 12.8. The lowest BCUT2D eigenvalue weighted by Crippen LogP contribution is -2.40. The molecule has 0 fully saturated rings. The van der Waals surface area contributed by atoms with Crippen LogP contribution in [-0.4, -0.2) is 7.22 Å². The zero-order valence-corrected chi connectivity index (χ0v) is 14.1. The molecule has 0 aromatic heterocycles. The molecule has 0 saturated carbocycles. The minimum atomic E-state index is -1.54. The second-order valence-electron chi connectivity index (χ2n) is 5.88. The smallest absolute Gasteiger partial charge is 0.131 e. The van der Waals surface area contributed by atoms with E-state index in [1.807, 2.05) is 23.3 Å². The molecule has 1 rings (SSSR count). The topological polar surface area (TPSA) is 0 Å². The first-order valence-electron chi connectivity index (χ1n) is 6.75. The van der Waals surface area contributed by atoms with E-state index in [0.717, 1.165) is 4.90 Å². The molecule has 0 aliphatic heterocycles. The molecule has 0 aliphatic carbocycles. The molecule has 0 N–H and O–H groups in total. The third-order valence-corrected chi connectivity index (χ3v) is 16.1. The molecule has 0 spiro atoms. The Kier molecular flexibility index (Phi) is 5.47. The molecule has 1 aromatic carbocycles. The summed E-state index contributed by atoms with van der Waals surface area (Å²) in [5.74, 6) is -0.126. The first-order valence-corrected chi connectivity index (χ1v) is 10.5. The van der Waals surface area contributed by atoms with Crippen LogP contribution in [0.4, 0.5) is 4.39 Å². The van der Waals surface area contributed by atoms with Crippen LogP contribution in [0.2, 0.25) is 16.6 Å². The van der Waals surface area contributed by atoms with E-state index in [0.29, 0.717) is 16.6 Å². The summed E-state index contributed by atoms with van der Waals surface area (Å²) in [7, 11) is -1.54. The highest BCUT2D eigenvalue weighted by Gasteiger charge is 2.43. The van der Waals surface area contributed by atoms with Gasteiger partial charge in [0, 0.05) is 4.90 Å². The van der Waals surface area contributed by atoms with Crippen molar-refractivity contribution in [2.24, 2.45) is 0 Å². The second-order valence-corrected chi connectivity index (χ2v) is 14.5. The van der Waals surface area contributed by atoms with Gasteiger partial charge in [0.1, 0.15) is 13.0 Å². The van der Waals surface area contributed by atoms with Crippen molar-refractivity contribution in [2.75, 3.05) is 0 Å². The Morgan fingerprint density at radius 3 is 1.83 bits per heavy atom. The van der Waals surface area contributed by atoms with Crippen molar-refractivity contribution in [3.8, 4) is 0 Å². The summed E-state index contributed by atoms with van der Waals surface area (Å²) < 4.78 is 13.3. The molecule has 18 heavy (non-hydrogen) atoms. The molecule has 0 atom stereocenters. The fraction of sp³-hybridized carbons (Fsp3) is 0.600. The van der Waals surface area contributed by atoms with E-state index in [4.69, 9.17) is 0 Å². The van der Waals surface area contributed by atoms with Crippen LogP contribution in [0.3, 0.4) is 0 Å². The Bertz CT molecular complexity index is 366. The summed E-state index contributed by atoms with van der Waals surface area (Å²) in [6.45, 7) is 14.0. The molecule has 0 aliphatic rings. The van der Waals surface area contributed by atoms with Crippen LogP contribution in [0, 0.1) is 5.82 Å². The van der Waals surface area contributed by atoms with Gasteiger partial charge in [0.25, 0.3) is 0 Å². The number of hydrogen-bond acceptors (Lipinski definition) is 1. The molecule has 1 aromatic rings. The summed E-state index contributed by atoms with van der Waals surface area (Å²) in [4.78, 5) is 1.10. The van der Waals surface area contributed by atoms with Gasteiger partial charge in [-0.2, -0.15) is 11.2 Å². The fourth-order valence-electron chi connectivity index (χ4n) is 3.09. The second kappa shape index (κ2) is 6.24. The molecule has 0 nitrogen and oxygen atoms in total. The summed E-state index contributed by atoms with van der Waals surface area (Å²) in [6.07, 6.45) is 0. The van der Waals surface area contributed by atoms with E-state index in [1.54, 1.807) is 6.07 Å². The predicted molar refractivity (Wildman–Crippen MR) is 83.3 cm³/mol. The number of hydrogen-bond donors (Lipinski definition) is 0. The van der Waals surface area contributed by atoms with Gasteiger partial charge in [-0.05, 0) is 34.8 Å². The highest BCUT2D eigenvalue weighted by atomic mass is 32.4. The maximum Gasteiger partial charge on any atom is 0.131 e. The van der Waals surface area contributed by atoms with Crippen LogP contribution in [0.25, 0.3) is 0 Å². The predicted octanol–water partition coefficient (Wildman–Crippen LogP) is 6.09. The van der Waals surface area contributed by atoms with Gasteiger partial charge in [-0.15, -0.1) is 0 Å². The van der Waals surface area contributed by atoms with Crippen LogP contribution in [-0.2, 0) is 0 Å². The third-order valence-electron chi connectivity index (χ3n) is 3.80. The van der Waals surface area contributed by atoms with Crippen LogP contribution in [0.15, 0.2) is 29.2 Å². The van der Waals surface area contributed by atoms with E-state index in [2.05, 4.69) is 41.5 Å². The maximum absolute atomic E-state index is 13.3. The highest BCUT2D eigenvalue weighted by Crippen LogP contribution is 2.51. The Labute approximate surface area is 116 Å².